The summed E-state index contributed by atoms with van der Waals surface area (Å²) in [5, 5.41) is 17.4. The van der Waals surface area contributed by atoms with Crippen molar-refractivity contribution in [3.8, 4) is 0 Å². The Morgan fingerprint density at radius 2 is 2.06 bits per heavy atom. The molecule has 1 aromatic heterocycles. The van der Waals surface area contributed by atoms with Gasteiger partial charge >= 0.3 is 0 Å². The van der Waals surface area contributed by atoms with Gasteiger partial charge in [-0.25, -0.2) is 0 Å². The largest absolute Gasteiger partial charge is 0.387 e. The standard InChI is InChI=1S/C13H17N3O/c1-10-12(9-16(2)15-10)14-8-13(17)11-6-4-3-5-7-11/h3-7,9,13-14,17H,8H2,1-2H3. The van der Waals surface area contributed by atoms with Gasteiger partial charge in [0.25, 0.3) is 0 Å². The molecule has 4 nitrogen and oxygen atoms in total. The van der Waals surface area contributed by atoms with Gasteiger partial charge in [-0.3, -0.25) is 4.68 Å². The second kappa shape index (κ2) is 5.01. The van der Waals surface area contributed by atoms with Gasteiger partial charge in [-0.05, 0) is 12.5 Å². The lowest BCUT2D eigenvalue weighted by Gasteiger charge is -2.12. The molecule has 0 saturated carbocycles. The van der Waals surface area contributed by atoms with E-state index in [2.05, 4.69) is 10.4 Å². The molecule has 4 heteroatoms. The Morgan fingerprint density at radius 1 is 1.35 bits per heavy atom. The number of nitrogens with zero attached hydrogens (tertiary/aromatic N) is 2. The molecule has 17 heavy (non-hydrogen) atoms. The van der Waals surface area contributed by atoms with E-state index in [4.69, 9.17) is 0 Å². The van der Waals surface area contributed by atoms with E-state index in [1.54, 1.807) is 4.68 Å². The normalized spacial score (nSPS) is 12.4. The highest BCUT2D eigenvalue weighted by Crippen LogP contribution is 2.16. The van der Waals surface area contributed by atoms with E-state index in [0.29, 0.717) is 6.54 Å². The van der Waals surface area contributed by atoms with Crippen molar-refractivity contribution in [1.29, 1.82) is 0 Å². The van der Waals surface area contributed by atoms with Crippen LogP contribution >= 0.6 is 0 Å². The van der Waals surface area contributed by atoms with Gasteiger partial charge in [-0.2, -0.15) is 5.10 Å². The first-order chi connectivity index (χ1) is 8.16. The van der Waals surface area contributed by atoms with Crippen molar-refractivity contribution in [3.63, 3.8) is 0 Å². The van der Waals surface area contributed by atoms with Gasteiger partial charge < -0.3 is 10.4 Å². The van der Waals surface area contributed by atoms with Crippen LogP contribution in [0.25, 0.3) is 0 Å². The quantitative estimate of drug-likeness (QED) is 0.844. The molecule has 0 fully saturated rings. The Balaban J connectivity index is 1.97. The van der Waals surface area contributed by atoms with E-state index in [0.717, 1.165) is 16.9 Å². The number of anilines is 1. The predicted molar refractivity (Wildman–Crippen MR) is 67.8 cm³/mol. The van der Waals surface area contributed by atoms with Gasteiger partial charge in [0.2, 0.25) is 0 Å². The van der Waals surface area contributed by atoms with E-state index < -0.39 is 6.10 Å². The molecule has 1 heterocycles. The number of hydrogen-bond donors (Lipinski definition) is 2. The monoisotopic (exact) mass is 231 g/mol. The summed E-state index contributed by atoms with van der Waals surface area (Å²) in [7, 11) is 1.88. The highest BCUT2D eigenvalue weighted by Gasteiger charge is 2.08. The Hall–Kier alpha value is -1.81. The summed E-state index contributed by atoms with van der Waals surface area (Å²) in [5.74, 6) is 0. The second-order valence-corrected chi connectivity index (χ2v) is 4.11. The number of aromatic nitrogens is 2. The Labute approximate surface area is 101 Å². The summed E-state index contributed by atoms with van der Waals surface area (Å²) >= 11 is 0. The number of aryl methyl sites for hydroxylation is 2. The molecule has 0 bridgehead atoms. The Morgan fingerprint density at radius 3 is 2.65 bits per heavy atom. The molecule has 0 radical (unpaired) electrons. The molecule has 1 atom stereocenters. The molecular formula is C13H17N3O. The van der Waals surface area contributed by atoms with E-state index in [1.165, 1.54) is 0 Å². The first-order valence-electron chi connectivity index (χ1n) is 5.64. The second-order valence-electron chi connectivity index (χ2n) is 4.11. The van der Waals surface area contributed by atoms with E-state index in [1.807, 2.05) is 50.5 Å². The zero-order valence-electron chi connectivity index (χ0n) is 10.1. The highest BCUT2D eigenvalue weighted by molar-refractivity contribution is 5.45. The Bertz CT molecular complexity index is 479. The van der Waals surface area contributed by atoms with Gasteiger partial charge in [0.15, 0.2) is 0 Å². The van der Waals surface area contributed by atoms with Crippen molar-refractivity contribution in [3.05, 3.63) is 47.8 Å². The van der Waals surface area contributed by atoms with Gasteiger partial charge in [-0.1, -0.05) is 30.3 Å². The molecular weight excluding hydrogens is 214 g/mol. The van der Waals surface area contributed by atoms with Crippen LogP contribution in [-0.4, -0.2) is 21.4 Å². The third-order valence-electron chi connectivity index (χ3n) is 2.68. The van der Waals surface area contributed by atoms with Crippen molar-refractivity contribution >= 4 is 5.69 Å². The minimum Gasteiger partial charge on any atom is -0.387 e. The van der Waals surface area contributed by atoms with Crippen molar-refractivity contribution < 1.29 is 5.11 Å². The molecule has 1 aromatic carbocycles. The van der Waals surface area contributed by atoms with Gasteiger partial charge in [0.05, 0.1) is 17.5 Å². The molecule has 0 amide bonds. The van der Waals surface area contributed by atoms with Crippen molar-refractivity contribution in [1.82, 2.24) is 9.78 Å². The smallest absolute Gasteiger partial charge is 0.0962 e. The van der Waals surface area contributed by atoms with Gasteiger partial charge in [-0.15, -0.1) is 0 Å². The number of benzene rings is 1. The molecule has 0 saturated heterocycles. The molecule has 1 unspecified atom stereocenters. The minimum absolute atomic E-state index is 0.483. The number of hydrogen-bond acceptors (Lipinski definition) is 3. The minimum atomic E-state index is -0.504. The molecule has 2 aromatic rings. The average molecular weight is 231 g/mol. The maximum atomic E-state index is 9.99. The van der Waals surface area contributed by atoms with Gasteiger partial charge in [0, 0.05) is 19.8 Å². The van der Waals surface area contributed by atoms with E-state index >= 15 is 0 Å². The van der Waals surface area contributed by atoms with Crippen molar-refractivity contribution in [2.24, 2.45) is 7.05 Å². The van der Waals surface area contributed by atoms with E-state index in [-0.39, 0.29) is 0 Å². The molecule has 90 valence electrons. The van der Waals surface area contributed by atoms with Crippen LogP contribution in [0.1, 0.15) is 17.4 Å². The zero-order valence-corrected chi connectivity index (χ0v) is 10.1. The number of aliphatic hydroxyl groups excluding tert-OH is 1. The predicted octanol–water partition coefficient (Wildman–Crippen LogP) is 1.87. The molecule has 2 N–H and O–H groups in total. The summed E-state index contributed by atoms with van der Waals surface area (Å²) in [5.41, 5.74) is 2.82. The summed E-state index contributed by atoms with van der Waals surface area (Å²) in [6.45, 7) is 2.42. The average Bonchev–Trinajstić information content (AvgIpc) is 2.66. The lowest BCUT2D eigenvalue weighted by Crippen LogP contribution is -2.12. The number of rotatable bonds is 4. The van der Waals surface area contributed by atoms with Crippen LogP contribution in [0.4, 0.5) is 5.69 Å². The summed E-state index contributed by atoms with van der Waals surface area (Å²) in [4.78, 5) is 0. The van der Waals surface area contributed by atoms with Crippen LogP contribution in [-0.2, 0) is 7.05 Å². The zero-order chi connectivity index (χ0) is 12.3. The number of nitrogens with one attached hydrogen (secondary N) is 1. The van der Waals surface area contributed by atoms with Crippen LogP contribution in [0.15, 0.2) is 36.5 Å². The fourth-order valence-electron chi connectivity index (χ4n) is 1.77. The van der Waals surface area contributed by atoms with Crippen LogP contribution in [0.5, 0.6) is 0 Å². The van der Waals surface area contributed by atoms with Gasteiger partial charge in [0.1, 0.15) is 0 Å². The molecule has 2 rings (SSSR count). The topological polar surface area (TPSA) is 50.1 Å². The summed E-state index contributed by atoms with van der Waals surface area (Å²) in [6.07, 6.45) is 1.41. The maximum Gasteiger partial charge on any atom is 0.0962 e. The van der Waals surface area contributed by atoms with Crippen LogP contribution in [0, 0.1) is 6.92 Å². The fraction of sp³-hybridized carbons (Fsp3) is 0.308. The first-order valence-corrected chi connectivity index (χ1v) is 5.64. The molecule has 0 aliphatic heterocycles. The van der Waals surface area contributed by atoms with Crippen LogP contribution in [0.2, 0.25) is 0 Å². The number of aliphatic hydroxyl groups is 1. The fourth-order valence-corrected chi connectivity index (χ4v) is 1.77. The third kappa shape index (κ3) is 2.85. The van der Waals surface area contributed by atoms with Crippen LogP contribution < -0.4 is 5.32 Å². The van der Waals surface area contributed by atoms with Crippen molar-refractivity contribution in [2.45, 2.75) is 13.0 Å². The maximum absolute atomic E-state index is 9.99. The molecule has 0 aliphatic carbocycles. The molecule has 0 aliphatic rings. The first kappa shape index (κ1) is 11.7. The SMILES string of the molecule is Cc1nn(C)cc1NCC(O)c1ccccc1. The highest BCUT2D eigenvalue weighted by atomic mass is 16.3. The van der Waals surface area contributed by atoms with E-state index in [9.17, 15) is 5.11 Å². The third-order valence-corrected chi connectivity index (χ3v) is 2.68. The van der Waals surface area contributed by atoms with Crippen molar-refractivity contribution in [2.75, 3.05) is 11.9 Å². The lowest BCUT2D eigenvalue weighted by atomic mass is 10.1. The summed E-state index contributed by atoms with van der Waals surface area (Å²) < 4.78 is 1.76. The lowest BCUT2D eigenvalue weighted by molar-refractivity contribution is 0.191. The summed E-state index contributed by atoms with van der Waals surface area (Å²) in [6, 6.07) is 9.63. The Kier molecular flexibility index (Phi) is 3.44. The van der Waals surface area contributed by atoms with Crippen LogP contribution in [0.3, 0.4) is 0 Å². The molecule has 0 spiro atoms.